The number of rotatable bonds is 6. The lowest BCUT2D eigenvalue weighted by atomic mass is 10.1. The summed E-state index contributed by atoms with van der Waals surface area (Å²) in [5, 5.41) is 10.1. The van der Waals surface area contributed by atoms with Gasteiger partial charge in [-0.3, -0.25) is 4.79 Å². The lowest BCUT2D eigenvalue weighted by Gasteiger charge is -2.10. The fourth-order valence-electron chi connectivity index (χ4n) is 2.90. The molecule has 0 unspecified atom stereocenters. The predicted octanol–water partition coefficient (Wildman–Crippen LogP) is 3.34. The van der Waals surface area contributed by atoms with E-state index in [0.717, 1.165) is 22.0 Å². The third-order valence-electron chi connectivity index (χ3n) is 4.35. The Morgan fingerprint density at radius 3 is 2.82 bits per heavy atom. The first-order chi connectivity index (χ1) is 13.6. The molecular formula is C20H20N6OS. The van der Waals surface area contributed by atoms with E-state index in [0.29, 0.717) is 24.4 Å². The molecule has 0 atom stereocenters. The van der Waals surface area contributed by atoms with Gasteiger partial charge < -0.3 is 5.32 Å². The quantitative estimate of drug-likeness (QED) is 0.544. The van der Waals surface area contributed by atoms with E-state index in [9.17, 15) is 4.79 Å². The second-order valence-corrected chi connectivity index (χ2v) is 7.63. The van der Waals surface area contributed by atoms with Crippen LogP contribution in [0, 0.1) is 0 Å². The molecule has 28 heavy (non-hydrogen) atoms. The van der Waals surface area contributed by atoms with Gasteiger partial charge in [-0.2, -0.15) is 10.1 Å². The summed E-state index contributed by atoms with van der Waals surface area (Å²) in [6, 6.07) is 11.8. The van der Waals surface area contributed by atoms with Crippen molar-refractivity contribution < 1.29 is 4.79 Å². The van der Waals surface area contributed by atoms with E-state index < -0.39 is 0 Å². The summed E-state index contributed by atoms with van der Waals surface area (Å²) < 4.78 is 1.67. The molecule has 0 bridgehead atoms. The van der Waals surface area contributed by atoms with Crippen molar-refractivity contribution in [3.63, 3.8) is 0 Å². The first kappa shape index (κ1) is 18.2. The summed E-state index contributed by atoms with van der Waals surface area (Å²) >= 11 is 1.60. The smallest absolute Gasteiger partial charge is 0.270 e. The molecule has 3 aromatic heterocycles. The van der Waals surface area contributed by atoms with Crippen LogP contribution in [-0.2, 0) is 6.42 Å². The van der Waals surface area contributed by atoms with Gasteiger partial charge in [-0.25, -0.2) is 14.5 Å². The molecule has 0 saturated carbocycles. The zero-order valence-electron chi connectivity index (χ0n) is 15.7. The highest BCUT2D eigenvalue weighted by Gasteiger charge is 2.15. The van der Waals surface area contributed by atoms with E-state index in [-0.39, 0.29) is 11.8 Å². The number of carbonyl (C=O) groups excluding carboxylic acids is 1. The Morgan fingerprint density at radius 2 is 2.04 bits per heavy atom. The number of nitrogens with one attached hydrogen (secondary N) is 1. The predicted molar refractivity (Wildman–Crippen MR) is 108 cm³/mol. The van der Waals surface area contributed by atoms with Crippen LogP contribution >= 0.6 is 11.3 Å². The van der Waals surface area contributed by atoms with Gasteiger partial charge in [0.25, 0.3) is 11.7 Å². The number of hydrogen-bond donors (Lipinski definition) is 1. The van der Waals surface area contributed by atoms with Crippen LogP contribution in [-0.4, -0.2) is 37.0 Å². The SMILES string of the molecule is CC(C)c1cc(C(=O)NCCc2nc(-c3ccccc3)cs2)nc2ncnn12. The molecule has 0 saturated heterocycles. The maximum Gasteiger partial charge on any atom is 0.270 e. The average molecular weight is 392 g/mol. The fraction of sp³-hybridized carbons (Fsp3) is 0.250. The van der Waals surface area contributed by atoms with Crippen molar-refractivity contribution in [2.24, 2.45) is 0 Å². The van der Waals surface area contributed by atoms with Gasteiger partial charge in [0.2, 0.25) is 0 Å². The highest BCUT2D eigenvalue weighted by atomic mass is 32.1. The van der Waals surface area contributed by atoms with Crippen molar-refractivity contribution in [3.05, 3.63) is 64.5 Å². The first-order valence-electron chi connectivity index (χ1n) is 9.10. The molecule has 1 amide bonds. The molecule has 0 fully saturated rings. The molecule has 0 radical (unpaired) electrons. The summed E-state index contributed by atoms with van der Waals surface area (Å²) in [6.07, 6.45) is 2.12. The second-order valence-electron chi connectivity index (χ2n) is 6.69. The topological polar surface area (TPSA) is 85.1 Å². The average Bonchev–Trinajstić information content (AvgIpc) is 3.37. The van der Waals surface area contributed by atoms with Crippen molar-refractivity contribution in [3.8, 4) is 11.3 Å². The van der Waals surface area contributed by atoms with E-state index in [4.69, 9.17) is 0 Å². The molecule has 0 spiro atoms. The minimum Gasteiger partial charge on any atom is -0.350 e. The standard InChI is InChI=1S/C20H20N6OS/c1-13(2)17-10-15(25-20-22-12-23-26(17)20)19(27)21-9-8-18-24-16(11-28-18)14-6-4-3-5-7-14/h3-7,10-13H,8-9H2,1-2H3,(H,21,27). The fourth-order valence-corrected chi connectivity index (χ4v) is 3.71. The molecule has 4 rings (SSSR count). The van der Waals surface area contributed by atoms with E-state index in [1.54, 1.807) is 21.9 Å². The first-order valence-corrected chi connectivity index (χ1v) is 9.98. The highest BCUT2D eigenvalue weighted by Crippen LogP contribution is 2.21. The number of amides is 1. The third kappa shape index (κ3) is 3.77. The summed E-state index contributed by atoms with van der Waals surface area (Å²) in [5.41, 5.74) is 3.32. The van der Waals surface area contributed by atoms with Crippen LogP contribution in [0.3, 0.4) is 0 Å². The van der Waals surface area contributed by atoms with Crippen LogP contribution in [0.1, 0.15) is 41.0 Å². The normalized spacial score (nSPS) is 11.2. The number of carbonyl (C=O) groups is 1. The Kier molecular flexibility index (Phi) is 5.12. The van der Waals surface area contributed by atoms with E-state index in [2.05, 4.69) is 25.4 Å². The van der Waals surface area contributed by atoms with Crippen LogP contribution in [0.25, 0.3) is 17.0 Å². The minimum atomic E-state index is -0.216. The van der Waals surface area contributed by atoms with E-state index >= 15 is 0 Å². The van der Waals surface area contributed by atoms with Crippen LogP contribution in [0.15, 0.2) is 48.1 Å². The largest absolute Gasteiger partial charge is 0.350 e. The Labute approximate surface area is 166 Å². The third-order valence-corrected chi connectivity index (χ3v) is 5.26. The minimum absolute atomic E-state index is 0.200. The lowest BCUT2D eigenvalue weighted by Crippen LogP contribution is -2.27. The number of hydrogen-bond acceptors (Lipinski definition) is 6. The maximum absolute atomic E-state index is 12.6. The zero-order chi connectivity index (χ0) is 19.5. The Morgan fingerprint density at radius 1 is 1.21 bits per heavy atom. The maximum atomic E-state index is 12.6. The molecule has 4 aromatic rings. The van der Waals surface area contributed by atoms with Crippen molar-refractivity contribution in [2.45, 2.75) is 26.2 Å². The Bertz CT molecular complexity index is 1100. The number of fused-ring (bicyclic) bond motifs is 1. The molecule has 8 heteroatoms. The number of nitrogens with zero attached hydrogens (tertiary/aromatic N) is 5. The number of benzene rings is 1. The second kappa shape index (κ2) is 7.85. The summed E-state index contributed by atoms with van der Waals surface area (Å²) in [5.74, 6) is 0.418. The van der Waals surface area contributed by atoms with Crippen LogP contribution in [0.4, 0.5) is 0 Å². The van der Waals surface area contributed by atoms with Gasteiger partial charge in [-0.15, -0.1) is 11.3 Å². The van der Waals surface area contributed by atoms with Crippen molar-refractivity contribution >= 4 is 23.0 Å². The zero-order valence-corrected chi connectivity index (χ0v) is 16.5. The van der Waals surface area contributed by atoms with Gasteiger partial charge in [-0.05, 0) is 12.0 Å². The number of aromatic nitrogens is 5. The van der Waals surface area contributed by atoms with Gasteiger partial charge in [0.1, 0.15) is 12.0 Å². The van der Waals surface area contributed by atoms with E-state index in [1.807, 2.05) is 49.6 Å². The van der Waals surface area contributed by atoms with Crippen molar-refractivity contribution in [1.82, 2.24) is 29.9 Å². The van der Waals surface area contributed by atoms with E-state index in [1.165, 1.54) is 6.33 Å². The molecule has 3 heterocycles. The van der Waals surface area contributed by atoms with Crippen LogP contribution < -0.4 is 5.32 Å². The summed E-state index contributed by atoms with van der Waals surface area (Å²) in [4.78, 5) is 25.6. The van der Waals surface area contributed by atoms with Gasteiger partial charge >= 0.3 is 0 Å². The monoisotopic (exact) mass is 392 g/mol. The molecule has 0 aliphatic heterocycles. The highest BCUT2D eigenvalue weighted by molar-refractivity contribution is 7.09. The van der Waals surface area contributed by atoms with Gasteiger partial charge in [0, 0.05) is 23.9 Å². The summed E-state index contributed by atoms with van der Waals surface area (Å²) in [6.45, 7) is 4.59. The van der Waals surface area contributed by atoms with Crippen LogP contribution in [0.5, 0.6) is 0 Å². The molecule has 142 valence electrons. The molecule has 0 aliphatic rings. The Balaban J connectivity index is 1.41. The molecule has 1 N–H and O–H groups in total. The van der Waals surface area contributed by atoms with Crippen molar-refractivity contribution in [1.29, 1.82) is 0 Å². The summed E-state index contributed by atoms with van der Waals surface area (Å²) in [7, 11) is 0. The van der Waals surface area contributed by atoms with Crippen LogP contribution in [0.2, 0.25) is 0 Å². The molecule has 1 aromatic carbocycles. The van der Waals surface area contributed by atoms with Gasteiger partial charge in [0.05, 0.1) is 16.4 Å². The Hall–Kier alpha value is -3.13. The number of thiazole rings is 1. The van der Waals surface area contributed by atoms with Gasteiger partial charge in [-0.1, -0.05) is 44.2 Å². The molecule has 7 nitrogen and oxygen atoms in total. The van der Waals surface area contributed by atoms with Crippen molar-refractivity contribution in [2.75, 3.05) is 6.54 Å². The lowest BCUT2D eigenvalue weighted by molar-refractivity contribution is 0.0949. The van der Waals surface area contributed by atoms with Gasteiger partial charge in [0.15, 0.2) is 0 Å². The molecular weight excluding hydrogens is 372 g/mol. The molecule has 0 aliphatic carbocycles.